The lowest BCUT2D eigenvalue weighted by Crippen LogP contribution is -2.12. The smallest absolute Gasteiger partial charge is 0.346 e. The van der Waals surface area contributed by atoms with E-state index in [4.69, 9.17) is 10.5 Å². The Bertz CT molecular complexity index is 976. The Morgan fingerprint density at radius 2 is 1.96 bits per heavy atom. The summed E-state index contributed by atoms with van der Waals surface area (Å²) in [7, 11) is 3.38. The van der Waals surface area contributed by atoms with E-state index >= 15 is 0 Å². The summed E-state index contributed by atoms with van der Waals surface area (Å²) >= 11 is 3.37. The fraction of sp³-hybridized carbons (Fsp3) is 0.125. The molecule has 2 N–H and O–H groups in total. The van der Waals surface area contributed by atoms with E-state index in [0.29, 0.717) is 16.8 Å². The number of aromatic nitrogens is 4. The van der Waals surface area contributed by atoms with Crippen molar-refractivity contribution in [3.05, 3.63) is 52.4 Å². The van der Waals surface area contributed by atoms with Crippen molar-refractivity contribution in [1.82, 2.24) is 19.6 Å². The zero-order chi connectivity index (χ0) is 18.1. The first-order chi connectivity index (χ1) is 11.8. The van der Waals surface area contributed by atoms with Crippen LogP contribution in [0.1, 0.15) is 20.7 Å². The number of nitrogens with zero attached hydrogens (tertiary/aromatic N) is 4. The highest BCUT2D eigenvalue weighted by Crippen LogP contribution is 2.34. The quantitative estimate of drug-likeness (QED) is 0.528. The van der Waals surface area contributed by atoms with E-state index in [1.165, 1.54) is 21.8 Å². The largest absolute Gasteiger partial charge is 0.422 e. The molecule has 25 heavy (non-hydrogen) atoms. The molecule has 0 spiro atoms. The molecule has 0 bridgehead atoms. The lowest BCUT2D eigenvalue weighted by atomic mass is 10.1. The number of hydrogen-bond donors (Lipinski definition) is 1. The first-order valence-electron chi connectivity index (χ1n) is 7.19. The molecule has 2 aromatic heterocycles. The standard InChI is InChI=1S/C16H14BrN5O3/c1-21-7-9(6-19-21)16(24)25-13-4-3-10(17)5-11(13)14-12(15(18)23)8-22(2)20-14/h3-8H,1-2H3,(H2,18,23). The Hall–Kier alpha value is -2.94. The van der Waals surface area contributed by atoms with Gasteiger partial charge in [-0.1, -0.05) is 15.9 Å². The fourth-order valence-corrected chi connectivity index (χ4v) is 2.69. The van der Waals surface area contributed by atoms with Crippen LogP contribution in [0.25, 0.3) is 11.3 Å². The van der Waals surface area contributed by atoms with Crippen molar-refractivity contribution < 1.29 is 14.3 Å². The van der Waals surface area contributed by atoms with Crippen molar-refractivity contribution in [2.75, 3.05) is 0 Å². The maximum Gasteiger partial charge on any atom is 0.346 e. The van der Waals surface area contributed by atoms with E-state index in [1.54, 1.807) is 38.5 Å². The Morgan fingerprint density at radius 1 is 1.20 bits per heavy atom. The van der Waals surface area contributed by atoms with Crippen molar-refractivity contribution in [2.45, 2.75) is 0 Å². The molecule has 0 aliphatic rings. The molecule has 9 heteroatoms. The third-order valence-corrected chi connectivity index (χ3v) is 3.93. The summed E-state index contributed by atoms with van der Waals surface area (Å²) in [5.74, 6) is -0.918. The van der Waals surface area contributed by atoms with Gasteiger partial charge in [0.25, 0.3) is 5.91 Å². The molecule has 0 aliphatic carbocycles. The van der Waals surface area contributed by atoms with Crippen molar-refractivity contribution >= 4 is 27.8 Å². The zero-order valence-electron chi connectivity index (χ0n) is 13.4. The van der Waals surface area contributed by atoms with Crippen LogP contribution in [0.2, 0.25) is 0 Å². The van der Waals surface area contributed by atoms with Crippen LogP contribution >= 0.6 is 15.9 Å². The van der Waals surface area contributed by atoms with E-state index in [2.05, 4.69) is 26.1 Å². The number of esters is 1. The van der Waals surface area contributed by atoms with Crippen molar-refractivity contribution in [3.63, 3.8) is 0 Å². The zero-order valence-corrected chi connectivity index (χ0v) is 15.0. The van der Waals surface area contributed by atoms with Crippen LogP contribution in [-0.4, -0.2) is 31.4 Å². The Kier molecular flexibility index (Phi) is 4.41. The summed E-state index contributed by atoms with van der Waals surface area (Å²) in [6.45, 7) is 0. The predicted molar refractivity (Wildman–Crippen MR) is 93.0 cm³/mol. The number of carbonyl (C=O) groups is 2. The summed E-state index contributed by atoms with van der Waals surface area (Å²) < 4.78 is 9.20. The predicted octanol–water partition coefficient (Wildman–Crippen LogP) is 1.90. The molecule has 0 saturated heterocycles. The summed E-state index contributed by atoms with van der Waals surface area (Å²) in [6, 6.07) is 5.05. The van der Waals surface area contributed by atoms with E-state index in [0.717, 1.165) is 4.47 Å². The van der Waals surface area contributed by atoms with Crippen LogP contribution in [0.3, 0.4) is 0 Å². The molecule has 1 amide bonds. The number of benzene rings is 1. The molecule has 3 aromatic rings. The van der Waals surface area contributed by atoms with Gasteiger partial charge in [0, 0.05) is 36.5 Å². The van der Waals surface area contributed by atoms with Gasteiger partial charge in [0.05, 0.1) is 17.3 Å². The normalized spacial score (nSPS) is 10.7. The number of nitrogens with two attached hydrogens (primary N) is 1. The first kappa shape index (κ1) is 16.9. The molecule has 128 valence electrons. The number of ether oxygens (including phenoxy) is 1. The van der Waals surface area contributed by atoms with Gasteiger partial charge in [0.2, 0.25) is 0 Å². The molecule has 3 rings (SSSR count). The summed E-state index contributed by atoms with van der Waals surface area (Å²) in [6.07, 6.45) is 4.48. The van der Waals surface area contributed by atoms with Crippen LogP contribution in [-0.2, 0) is 14.1 Å². The van der Waals surface area contributed by atoms with Gasteiger partial charge in [-0.3, -0.25) is 14.2 Å². The van der Waals surface area contributed by atoms with Crippen LogP contribution in [0.15, 0.2) is 41.3 Å². The summed E-state index contributed by atoms with van der Waals surface area (Å²) in [5.41, 5.74) is 6.79. The third kappa shape index (κ3) is 3.45. The van der Waals surface area contributed by atoms with Crippen LogP contribution in [0.5, 0.6) is 5.75 Å². The van der Waals surface area contributed by atoms with Crippen LogP contribution in [0.4, 0.5) is 0 Å². The Labute approximate surface area is 151 Å². The second kappa shape index (κ2) is 6.52. The number of carbonyl (C=O) groups excluding carboxylic acids is 2. The van der Waals surface area contributed by atoms with E-state index in [-0.39, 0.29) is 11.3 Å². The maximum absolute atomic E-state index is 12.3. The number of aryl methyl sites for hydroxylation is 2. The summed E-state index contributed by atoms with van der Waals surface area (Å²) in [4.78, 5) is 24.0. The molecular weight excluding hydrogens is 390 g/mol. The molecule has 0 aliphatic heterocycles. The van der Waals surface area contributed by atoms with E-state index < -0.39 is 11.9 Å². The molecule has 0 unspecified atom stereocenters. The van der Waals surface area contributed by atoms with Gasteiger partial charge in [-0.25, -0.2) is 4.79 Å². The number of primary amides is 1. The monoisotopic (exact) mass is 403 g/mol. The molecule has 0 fully saturated rings. The van der Waals surface area contributed by atoms with Gasteiger partial charge in [-0.05, 0) is 18.2 Å². The van der Waals surface area contributed by atoms with Crippen molar-refractivity contribution in [3.8, 4) is 17.0 Å². The van der Waals surface area contributed by atoms with Gasteiger partial charge >= 0.3 is 5.97 Å². The van der Waals surface area contributed by atoms with E-state index in [9.17, 15) is 9.59 Å². The van der Waals surface area contributed by atoms with Gasteiger partial charge in [0.15, 0.2) is 0 Å². The fourth-order valence-electron chi connectivity index (χ4n) is 2.33. The molecule has 2 heterocycles. The van der Waals surface area contributed by atoms with Crippen molar-refractivity contribution in [1.29, 1.82) is 0 Å². The van der Waals surface area contributed by atoms with Gasteiger partial charge in [-0.2, -0.15) is 10.2 Å². The lowest BCUT2D eigenvalue weighted by Gasteiger charge is -2.09. The average molecular weight is 404 g/mol. The maximum atomic E-state index is 12.3. The lowest BCUT2D eigenvalue weighted by molar-refractivity contribution is 0.0735. The molecule has 0 atom stereocenters. The highest BCUT2D eigenvalue weighted by atomic mass is 79.9. The number of amides is 1. The minimum Gasteiger partial charge on any atom is -0.422 e. The van der Waals surface area contributed by atoms with Crippen LogP contribution in [0, 0.1) is 0 Å². The molecular formula is C16H14BrN5O3. The third-order valence-electron chi connectivity index (χ3n) is 3.43. The minimum absolute atomic E-state index is 0.235. The highest BCUT2D eigenvalue weighted by Gasteiger charge is 2.21. The molecule has 8 nitrogen and oxygen atoms in total. The first-order valence-corrected chi connectivity index (χ1v) is 7.98. The average Bonchev–Trinajstić information content (AvgIpc) is 3.15. The second-order valence-electron chi connectivity index (χ2n) is 5.36. The van der Waals surface area contributed by atoms with Gasteiger partial charge in [0.1, 0.15) is 11.4 Å². The highest BCUT2D eigenvalue weighted by molar-refractivity contribution is 9.10. The van der Waals surface area contributed by atoms with Gasteiger partial charge in [-0.15, -0.1) is 0 Å². The minimum atomic E-state index is -0.618. The number of hydrogen-bond acceptors (Lipinski definition) is 5. The van der Waals surface area contributed by atoms with Gasteiger partial charge < -0.3 is 10.5 Å². The molecule has 0 radical (unpaired) electrons. The Morgan fingerprint density at radius 3 is 2.60 bits per heavy atom. The van der Waals surface area contributed by atoms with Crippen molar-refractivity contribution in [2.24, 2.45) is 19.8 Å². The Balaban J connectivity index is 2.05. The van der Waals surface area contributed by atoms with Crippen LogP contribution < -0.4 is 10.5 Å². The second-order valence-corrected chi connectivity index (χ2v) is 6.28. The summed E-state index contributed by atoms with van der Waals surface area (Å²) in [5, 5.41) is 8.22. The van der Waals surface area contributed by atoms with E-state index in [1.807, 2.05) is 0 Å². The number of halogens is 1. The molecule has 0 saturated carbocycles. The topological polar surface area (TPSA) is 105 Å². The number of rotatable bonds is 4. The SMILES string of the molecule is Cn1cc(C(=O)Oc2ccc(Br)cc2-c2nn(C)cc2C(N)=O)cn1. The molecule has 1 aromatic carbocycles.